The van der Waals surface area contributed by atoms with Crippen LogP contribution in [-0.2, 0) is 16.6 Å². The third-order valence-electron chi connectivity index (χ3n) is 3.64. The molecule has 0 unspecified atom stereocenters. The number of halogens is 1. The molecule has 0 aliphatic rings. The van der Waals surface area contributed by atoms with Crippen LogP contribution in [0.1, 0.15) is 16.1 Å². The van der Waals surface area contributed by atoms with Crippen molar-refractivity contribution >= 4 is 38.9 Å². The molecular weight excluding hydrogens is 404 g/mol. The first-order chi connectivity index (χ1) is 13.2. The summed E-state index contributed by atoms with van der Waals surface area (Å²) in [4.78, 5) is 12.6. The lowest BCUT2D eigenvalue weighted by atomic mass is 10.2. The Morgan fingerprint density at radius 2 is 1.93 bits per heavy atom. The number of aliphatic hydroxyl groups excluding tert-OH is 1. The van der Waals surface area contributed by atoms with Crippen molar-refractivity contribution in [2.45, 2.75) is 6.61 Å². The molecule has 2 aromatic carbocycles. The fourth-order valence-corrected chi connectivity index (χ4v) is 3.30. The molecule has 146 valence electrons. The highest BCUT2D eigenvalue weighted by Gasteiger charge is 2.11. The number of benzene rings is 2. The molecule has 0 fully saturated rings. The molecule has 0 spiro atoms. The zero-order chi connectivity index (χ0) is 20.3. The van der Waals surface area contributed by atoms with Crippen LogP contribution < -0.4 is 10.0 Å². The lowest BCUT2D eigenvalue weighted by Crippen LogP contribution is -2.14. The second kappa shape index (κ2) is 8.01. The predicted octanol–water partition coefficient (Wildman–Crippen LogP) is 2.64. The van der Waals surface area contributed by atoms with E-state index >= 15 is 0 Å². The molecule has 1 heterocycles. The molecule has 1 aromatic heterocycles. The van der Waals surface area contributed by atoms with Gasteiger partial charge in [-0.3, -0.25) is 9.52 Å². The molecule has 10 heteroatoms. The van der Waals surface area contributed by atoms with Crippen molar-refractivity contribution in [3.63, 3.8) is 0 Å². The van der Waals surface area contributed by atoms with Gasteiger partial charge in [0.25, 0.3) is 5.91 Å². The Hall–Kier alpha value is -2.88. The summed E-state index contributed by atoms with van der Waals surface area (Å²) in [6.45, 7) is -0.175. The Bertz CT molecular complexity index is 1130. The fourth-order valence-electron chi connectivity index (χ4n) is 2.52. The van der Waals surface area contributed by atoms with Crippen LogP contribution in [0, 0.1) is 0 Å². The number of rotatable bonds is 6. The Kier molecular flexibility index (Phi) is 5.68. The van der Waals surface area contributed by atoms with Gasteiger partial charge in [-0.25, -0.2) is 13.1 Å². The highest BCUT2D eigenvalue weighted by Crippen LogP contribution is 2.24. The summed E-state index contributed by atoms with van der Waals surface area (Å²) in [5, 5.41) is 16.3. The SMILES string of the molecule is CS(=O)(=O)Nc1cc(Cl)cc(NC(=O)c2cccc(-n3ccc(CO)n3)c2)c1. The molecule has 1 amide bonds. The van der Waals surface area contributed by atoms with Gasteiger partial charge in [0.05, 0.1) is 29.9 Å². The van der Waals surface area contributed by atoms with Crippen LogP contribution in [-0.4, -0.2) is 35.5 Å². The number of nitrogens with one attached hydrogen (secondary N) is 2. The summed E-state index contributed by atoms with van der Waals surface area (Å²) in [5.74, 6) is -0.399. The molecule has 0 saturated heterocycles. The molecule has 3 rings (SSSR count). The van der Waals surface area contributed by atoms with Crippen LogP contribution in [0.2, 0.25) is 5.02 Å². The number of anilines is 2. The number of hydrogen-bond donors (Lipinski definition) is 3. The van der Waals surface area contributed by atoms with Gasteiger partial charge in [-0.2, -0.15) is 5.10 Å². The summed E-state index contributed by atoms with van der Waals surface area (Å²) >= 11 is 6.01. The summed E-state index contributed by atoms with van der Waals surface area (Å²) in [5.41, 5.74) is 2.12. The largest absolute Gasteiger partial charge is 0.390 e. The maximum Gasteiger partial charge on any atom is 0.255 e. The Morgan fingerprint density at radius 3 is 2.61 bits per heavy atom. The van der Waals surface area contributed by atoms with E-state index in [2.05, 4.69) is 15.1 Å². The maximum atomic E-state index is 12.6. The molecule has 0 radical (unpaired) electrons. The minimum absolute atomic E-state index is 0.175. The van der Waals surface area contributed by atoms with Gasteiger partial charge in [0.1, 0.15) is 0 Å². The minimum atomic E-state index is -3.48. The zero-order valence-electron chi connectivity index (χ0n) is 14.8. The van der Waals surface area contributed by atoms with Crippen LogP contribution in [0.4, 0.5) is 11.4 Å². The monoisotopic (exact) mass is 420 g/mol. The average molecular weight is 421 g/mol. The number of hydrogen-bond acceptors (Lipinski definition) is 5. The Balaban J connectivity index is 1.82. The highest BCUT2D eigenvalue weighted by molar-refractivity contribution is 7.92. The molecule has 0 atom stereocenters. The van der Waals surface area contributed by atoms with Crippen molar-refractivity contribution in [1.29, 1.82) is 0 Å². The third kappa shape index (κ3) is 5.10. The van der Waals surface area contributed by atoms with Gasteiger partial charge >= 0.3 is 0 Å². The summed E-state index contributed by atoms with van der Waals surface area (Å²) in [7, 11) is -3.48. The number of amides is 1. The molecule has 0 aliphatic carbocycles. The number of aromatic nitrogens is 2. The third-order valence-corrected chi connectivity index (χ3v) is 4.46. The normalized spacial score (nSPS) is 11.2. The fraction of sp³-hybridized carbons (Fsp3) is 0.111. The van der Waals surface area contributed by atoms with Crippen LogP contribution in [0.15, 0.2) is 54.7 Å². The van der Waals surface area contributed by atoms with E-state index in [4.69, 9.17) is 16.7 Å². The molecular formula is C18H17ClN4O4S. The van der Waals surface area contributed by atoms with Gasteiger partial charge in [0.15, 0.2) is 0 Å². The number of carbonyl (C=O) groups is 1. The molecule has 0 saturated carbocycles. The highest BCUT2D eigenvalue weighted by atomic mass is 35.5. The molecule has 0 aliphatic heterocycles. The van der Waals surface area contributed by atoms with Crippen molar-refractivity contribution in [3.05, 3.63) is 71.0 Å². The van der Waals surface area contributed by atoms with Crippen molar-refractivity contribution in [2.75, 3.05) is 16.3 Å². The topological polar surface area (TPSA) is 113 Å². The molecule has 3 N–H and O–H groups in total. The number of aliphatic hydroxyl groups is 1. The van der Waals surface area contributed by atoms with Crippen molar-refractivity contribution in [1.82, 2.24) is 9.78 Å². The van der Waals surface area contributed by atoms with Gasteiger partial charge in [0, 0.05) is 22.5 Å². The lowest BCUT2D eigenvalue weighted by molar-refractivity contribution is 0.102. The Labute approximate surface area is 166 Å². The first-order valence-electron chi connectivity index (χ1n) is 8.09. The van der Waals surface area contributed by atoms with Crippen molar-refractivity contribution < 1.29 is 18.3 Å². The smallest absolute Gasteiger partial charge is 0.255 e. The number of nitrogens with zero attached hydrogens (tertiary/aromatic N) is 2. The molecule has 3 aromatic rings. The lowest BCUT2D eigenvalue weighted by Gasteiger charge is -2.10. The van der Waals surface area contributed by atoms with Gasteiger partial charge < -0.3 is 10.4 Å². The van der Waals surface area contributed by atoms with E-state index in [1.165, 1.54) is 18.2 Å². The van der Waals surface area contributed by atoms with Gasteiger partial charge in [-0.05, 0) is 42.5 Å². The van der Waals surface area contributed by atoms with Crippen molar-refractivity contribution in [3.8, 4) is 5.69 Å². The van der Waals surface area contributed by atoms with Gasteiger partial charge in [-0.15, -0.1) is 0 Å². The summed E-state index contributed by atoms with van der Waals surface area (Å²) < 4.78 is 26.7. The van der Waals surface area contributed by atoms with E-state index in [0.717, 1.165) is 6.26 Å². The van der Waals surface area contributed by atoms with E-state index < -0.39 is 15.9 Å². The maximum absolute atomic E-state index is 12.6. The molecule has 0 bridgehead atoms. The molecule has 28 heavy (non-hydrogen) atoms. The first-order valence-corrected chi connectivity index (χ1v) is 10.4. The Morgan fingerprint density at radius 1 is 1.18 bits per heavy atom. The average Bonchev–Trinajstić information content (AvgIpc) is 3.09. The van der Waals surface area contributed by atoms with E-state index in [1.54, 1.807) is 41.2 Å². The van der Waals surface area contributed by atoms with E-state index in [1.807, 2.05) is 0 Å². The van der Waals surface area contributed by atoms with E-state index in [-0.39, 0.29) is 17.3 Å². The van der Waals surface area contributed by atoms with Gasteiger partial charge in [-0.1, -0.05) is 17.7 Å². The van der Waals surface area contributed by atoms with E-state index in [0.29, 0.717) is 22.6 Å². The second-order valence-corrected chi connectivity index (χ2v) is 8.20. The zero-order valence-corrected chi connectivity index (χ0v) is 16.3. The van der Waals surface area contributed by atoms with Crippen molar-refractivity contribution in [2.24, 2.45) is 0 Å². The standard InChI is InChI=1S/C18H17ClN4O4S/c1-28(26,27)22-16-9-13(19)8-15(10-16)20-18(25)12-3-2-4-17(7-12)23-6-5-14(11-24)21-23/h2-10,22,24H,11H2,1H3,(H,20,25). The van der Waals surface area contributed by atoms with Gasteiger partial charge in [0.2, 0.25) is 10.0 Å². The van der Waals surface area contributed by atoms with E-state index in [9.17, 15) is 13.2 Å². The second-order valence-electron chi connectivity index (χ2n) is 6.02. The van der Waals surface area contributed by atoms with Crippen LogP contribution in [0.5, 0.6) is 0 Å². The summed E-state index contributed by atoms with van der Waals surface area (Å²) in [6, 6.07) is 12.9. The van der Waals surface area contributed by atoms with Crippen LogP contribution in [0.25, 0.3) is 5.69 Å². The predicted molar refractivity (Wildman–Crippen MR) is 107 cm³/mol. The van der Waals surface area contributed by atoms with Crippen LogP contribution >= 0.6 is 11.6 Å². The molecule has 8 nitrogen and oxygen atoms in total. The number of sulfonamides is 1. The minimum Gasteiger partial charge on any atom is -0.390 e. The number of carbonyl (C=O) groups excluding carboxylic acids is 1. The van der Waals surface area contributed by atoms with Crippen LogP contribution in [0.3, 0.4) is 0 Å². The quantitative estimate of drug-likeness (QED) is 0.567. The first kappa shape index (κ1) is 19.9. The summed E-state index contributed by atoms with van der Waals surface area (Å²) in [6.07, 6.45) is 2.71.